The van der Waals surface area contributed by atoms with Gasteiger partial charge in [-0.1, -0.05) is 29.8 Å². The fourth-order valence-corrected chi connectivity index (χ4v) is 2.29. The van der Waals surface area contributed by atoms with E-state index in [1.54, 1.807) is 0 Å². The van der Waals surface area contributed by atoms with Gasteiger partial charge in [0, 0.05) is 11.9 Å². The molecule has 0 bridgehead atoms. The van der Waals surface area contributed by atoms with Crippen molar-refractivity contribution >= 4 is 5.97 Å². The zero-order valence-corrected chi connectivity index (χ0v) is 9.61. The monoisotopic (exact) mass is 217 g/mol. The van der Waals surface area contributed by atoms with Gasteiger partial charge in [-0.15, -0.1) is 0 Å². The van der Waals surface area contributed by atoms with Gasteiger partial charge in [0.2, 0.25) is 0 Å². The Labute approximate surface area is 96.3 Å². The first-order valence-corrected chi connectivity index (χ1v) is 5.93. The molecule has 2 atom stereocenters. The van der Waals surface area contributed by atoms with Crippen LogP contribution >= 0.6 is 0 Å². The van der Waals surface area contributed by atoms with Crippen molar-refractivity contribution in [1.29, 1.82) is 0 Å². The normalized spacial score (nSPS) is 23.1. The Kier molecular flexibility index (Phi) is 3.28. The number of aryl methyl sites for hydroxylation is 2. The summed E-state index contributed by atoms with van der Waals surface area (Å²) in [7, 11) is 0. The minimum atomic E-state index is -0.861. The quantitative estimate of drug-likeness (QED) is 0.753. The molecule has 1 aromatic carbocycles. The average Bonchev–Trinajstić information content (AvgIpc) is 2.97. The number of aliphatic carboxylic acids is 1. The van der Waals surface area contributed by atoms with Crippen LogP contribution in [0.5, 0.6) is 0 Å². The topological polar surface area (TPSA) is 40.1 Å². The molecular weight excluding hydrogens is 200 g/mol. The smallest absolute Gasteiger partial charge is 0.0448 e. The van der Waals surface area contributed by atoms with E-state index in [0.29, 0.717) is 5.92 Å². The predicted octanol–water partition coefficient (Wildman–Crippen LogP) is 1.70. The molecule has 0 saturated heterocycles. The van der Waals surface area contributed by atoms with E-state index in [-0.39, 0.29) is 5.92 Å². The third kappa shape index (κ3) is 2.84. The average molecular weight is 217 g/mol. The van der Waals surface area contributed by atoms with Gasteiger partial charge in [0.1, 0.15) is 0 Å². The van der Waals surface area contributed by atoms with Crippen LogP contribution in [0.2, 0.25) is 0 Å². The van der Waals surface area contributed by atoms with Crippen molar-refractivity contribution in [2.24, 2.45) is 11.8 Å². The van der Waals surface area contributed by atoms with E-state index in [0.717, 1.165) is 25.7 Å². The van der Waals surface area contributed by atoms with Gasteiger partial charge >= 0.3 is 0 Å². The van der Waals surface area contributed by atoms with Crippen LogP contribution in [0, 0.1) is 18.8 Å². The van der Waals surface area contributed by atoms with E-state index < -0.39 is 5.97 Å². The summed E-state index contributed by atoms with van der Waals surface area (Å²) in [5.41, 5.74) is 2.64. The van der Waals surface area contributed by atoms with Crippen molar-refractivity contribution < 1.29 is 9.90 Å². The Balaban J connectivity index is 1.71. The van der Waals surface area contributed by atoms with Crippen LogP contribution in [0.4, 0.5) is 0 Å². The fourth-order valence-electron chi connectivity index (χ4n) is 2.29. The van der Waals surface area contributed by atoms with Gasteiger partial charge < -0.3 is 9.90 Å². The lowest BCUT2D eigenvalue weighted by atomic mass is 10.0. The first kappa shape index (κ1) is 11.2. The maximum atomic E-state index is 10.5. The molecule has 1 saturated carbocycles. The Morgan fingerprint density at radius 3 is 2.94 bits per heavy atom. The summed E-state index contributed by atoms with van der Waals surface area (Å²) in [6.07, 6.45) is 3.98. The first-order valence-electron chi connectivity index (χ1n) is 5.93. The number of carbonyl (C=O) groups excluding carboxylic acids is 1. The Hall–Kier alpha value is -1.31. The highest BCUT2D eigenvalue weighted by Crippen LogP contribution is 2.41. The van der Waals surface area contributed by atoms with E-state index >= 15 is 0 Å². The van der Waals surface area contributed by atoms with Crippen molar-refractivity contribution in [3.05, 3.63) is 35.4 Å². The molecule has 1 aliphatic carbocycles. The predicted molar refractivity (Wildman–Crippen MR) is 60.7 cm³/mol. The van der Waals surface area contributed by atoms with Crippen molar-refractivity contribution in [2.45, 2.75) is 32.6 Å². The molecule has 0 heterocycles. The van der Waals surface area contributed by atoms with E-state index in [9.17, 15) is 9.90 Å². The standard InChI is InChI=1S/C14H18O2/c1-10-4-2-5-11(8-10)6-3-7-12-9-13(12)14(15)16/h2,4-5,8,12-13H,3,6-7,9H2,1H3,(H,15,16)/p-1. The van der Waals surface area contributed by atoms with Crippen LogP contribution in [-0.2, 0) is 11.2 Å². The molecule has 16 heavy (non-hydrogen) atoms. The largest absolute Gasteiger partial charge is 0.550 e. The molecule has 2 rings (SSSR count). The lowest BCUT2D eigenvalue weighted by Crippen LogP contribution is -2.24. The van der Waals surface area contributed by atoms with Gasteiger partial charge in [-0.05, 0) is 44.1 Å². The minimum absolute atomic E-state index is 0.155. The van der Waals surface area contributed by atoms with Gasteiger partial charge in [0.05, 0.1) is 0 Å². The Morgan fingerprint density at radius 1 is 1.50 bits per heavy atom. The maximum Gasteiger partial charge on any atom is 0.0448 e. The third-order valence-corrected chi connectivity index (χ3v) is 3.35. The van der Waals surface area contributed by atoms with Gasteiger partial charge in [0.15, 0.2) is 0 Å². The number of hydrogen-bond acceptors (Lipinski definition) is 2. The van der Waals surface area contributed by atoms with E-state index in [1.165, 1.54) is 11.1 Å². The minimum Gasteiger partial charge on any atom is -0.550 e. The van der Waals surface area contributed by atoms with Crippen molar-refractivity contribution in [3.63, 3.8) is 0 Å². The second-order valence-corrected chi connectivity index (χ2v) is 4.80. The molecule has 2 unspecified atom stereocenters. The summed E-state index contributed by atoms with van der Waals surface area (Å²) in [6.45, 7) is 2.09. The zero-order chi connectivity index (χ0) is 11.5. The van der Waals surface area contributed by atoms with Gasteiger partial charge in [0.25, 0.3) is 0 Å². The fraction of sp³-hybridized carbons (Fsp3) is 0.500. The molecule has 1 aliphatic rings. The number of benzene rings is 1. The first-order chi connectivity index (χ1) is 7.66. The van der Waals surface area contributed by atoms with Gasteiger partial charge in [-0.2, -0.15) is 0 Å². The van der Waals surface area contributed by atoms with Gasteiger partial charge in [-0.3, -0.25) is 0 Å². The number of carbonyl (C=O) groups is 1. The van der Waals surface area contributed by atoms with E-state index in [2.05, 4.69) is 31.2 Å². The van der Waals surface area contributed by atoms with E-state index in [1.807, 2.05) is 0 Å². The molecule has 2 nitrogen and oxygen atoms in total. The summed E-state index contributed by atoms with van der Waals surface area (Å²) in [5.74, 6) is -0.632. The molecule has 0 aromatic heterocycles. The molecule has 0 N–H and O–H groups in total. The highest BCUT2D eigenvalue weighted by molar-refractivity contribution is 5.71. The lowest BCUT2D eigenvalue weighted by molar-refractivity contribution is -0.308. The SMILES string of the molecule is Cc1cccc(CCCC2CC2C(=O)[O-])c1. The van der Waals surface area contributed by atoms with E-state index in [4.69, 9.17) is 0 Å². The van der Waals surface area contributed by atoms with Crippen molar-refractivity contribution in [1.82, 2.24) is 0 Å². The van der Waals surface area contributed by atoms with Gasteiger partial charge in [-0.25, -0.2) is 0 Å². The highest BCUT2D eigenvalue weighted by atomic mass is 16.4. The molecule has 0 radical (unpaired) electrons. The molecule has 0 spiro atoms. The number of carboxylic acids is 1. The summed E-state index contributed by atoms with van der Waals surface area (Å²) in [4.78, 5) is 10.5. The lowest BCUT2D eigenvalue weighted by Gasteiger charge is -2.03. The number of rotatable bonds is 5. The molecule has 2 heteroatoms. The van der Waals surface area contributed by atoms with Crippen molar-refractivity contribution in [3.8, 4) is 0 Å². The Bertz CT molecular complexity index is 384. The summed E-state index contributed by atoms with van der Waals surface area (Å²) >= 11 is 0. The summed E-state index contributed by atoms with van der Waals surface area (Å²) < 4.78 is 0. The van der Waals surface area contributed by atoms with Crippen LogP contribution in [0.1, 0.15) is 30.4 Å². The molecule has 86 valence electrons. The van der Waals surface area contributed by atoms with Crippen LogP contribution in [-0.4, -0.2) is 5.97 Å². The van der Waals surface area contributed by atoms with Crippen LogP contribution < -0.4 is 5.11 Å². The second-order valence-electron chi connectivity index (χ2n) is 4.80. The Morgan fingerprint density at radius 2 is 2.31 bits per heavy atom. The number of hydrogen-bond donors (Lipinski definition) is 0. The van der Waals surface area contributed by atoms with Crippen LogP contribution in [0.25, 0.3) is 0 Å². The maximum absolute atomic E-state index is 10.5. The summed E-state index contributed by atoms with van der Waals surface area (Å²) in [6, 6.07) is 8.50. The molecule has 0 amide bonds. The number of carboxylic acid groups (broad SMARTS) is 1. The zero-order valence-electron chi connectivity index (χ0n) is 9.61. The highest BCUT2D eigenvalue weighted by Gasteiger charge is 2.37. The molecule has 1 aromatic rings. The summed E-state index contributed by atoms with van der Waals surface area (Å²) in [5, 5.41) is 10.5. The second kappa shape index (κ2) is 4.69. The molecule has 1 fully saturated rings. The van der Waals surface area contributed by atoms with Crippen molar-refractivity contribution in [2.75, 3.05) is 0 Å². The molecular formula is C14H17O2-. The van der Waals surface area contributed by atoms with Crippen LogP contribution in [0.15, 0.2) is 24.3 Å². The third-order valence-electron chi connectivity index (χ3n) is 3.35. The van der Waals surface area contributed by atoms with Crippen LogP contribution in [0.3, 0.4) is 0 Å². The molecule has 0 aliphatic heterocycles.